The van der Waals surface area contributed by atoms with Crippen molar-refractivity contribution in [2.45, 2.75) is 32.2 Å². The molecule has 0 amide bonds. The molecule has 0 saturated heterocycles. The van der Waals surface area contributed by atoms with E-state index in [-0.39, 0.29) is 0 Å². The van der Waals surface area contributed by atoms with Crippen LogP contribution in [0.25, 0.3) is 0 Å². The monoisotopic (exact) mass is 219 g/mol. The van der Waals surface area contributed by atoms with E-state index in [2.05, 4.69) is 31.3 Å². The standard InChI is InChI=1S/C14H21NO/c1-10-8-14(10)15-9-11(2)12-4-6-13(16-3)7-5-12/h4-7,10-11,14-15H,8-9H2,1-3H3. The largest absolute Gasteiger partial charge is 0.497 e. The van der Waals surface area contributed by atoms with E-state index in [9.17, 15) is 0 Å². The van der Waals surface area contributed by atoms with E-state index in [4.69, 9.17) is 4.74 Å². The zero-order chi connectivity index (χ0) is 11.5. The van der Waals surface area contributed by atoms with Gasteiger partial charge >= 0.3 is 0 Å². The van der Waals surface area contributed by atoms with E-state index < -0.39 is 0 Å². The average Bonchev–Trinajstić information content (AvgIpc) is 3.02. The number of hydrogen-bond donors (Lipinski definition) is 1. The van der Waals surface area contributed by atoms with Gasteiger partial charge in [0.15, 0.2) is 0 Å². The minimum Gasteiger partial charge on any atom is -0.497 e. The molecule has 1 aromatic carbocycles. The summed E-state index contributed by atoms with van der Waals surface area (Å²) in [6.07, 6.45) is 1.34. The average molecular weight is 219 g/mol. The van der Waals surface area contributed by atoms with E-state index >= 15 is 0 Å². The lowest BCUT2D eigenvalue weighted by Crippen LogP contribution is -2.23. The maximum absolute atomic E-state index is 5.16. The zero-order valence-electron chi connectivity index (χ0n) is 10.4. The second kappa shape index (κ2) is 4.88. The Hall–Kier alpha value is -1.02. The smallest absolute Gasteiger partial charge is 0.118 e. The minimum atomic E-state index is 0.568. The summed E-state index contributed by atoms with van der Waals surface area (Å²) in [6.45, 7) is 5.64. The van der Waals surface area contributed by atoms with Gasteiger partial charge in [0, 0.05) is 12.6 Å². The second-order valence-electron chi connectivity index (χ2n) is 4.90. The van der Waals surface area contributed by atoms with Gasteiger partial charge in [0.2, 0.25) is 0 Å². The normalized spacial score (nSPS) is 25.2. The van der Waals surface area contributed by atoms with E-state index in [0.29, 0.717) is 5.92 Å². The number of rotatable bonds is 5. The van der Waals surface area contributed by atoms with Crippen molar-refractivity contribution in [3.63, 3.8) is 0 Å². The summed E-state index contributed by atoms with van der Waals surface area (Å²) >= 11 is 0. The summed E-state index contributed by atoms with van der Waals surface area (Å²) in [5, 5.41) is 3.60. The molecule has 2 heteroatoms. The fraction of sp³-hybridized carbons (Fsp3) is 0.571. The van der Waals surface area contributed by atoms with Crippen molar-refractivity contribution in [1.82, 2.24) is 5.32 Å². The first-order valence-corrected chi connectivity index (χ1v) is 6.08. The third-order valence-electron chi connectivity index (χ3n) is 3.48. The molecule has 0 heterocycles. The topological polar surface area (TPSA) is 21.3 Å². The Morgan fingerprint density at radius 1 is 1.38 bits per heavy atom. The lowest BCUT2D eigenvalue weighted by atomic mass is 10.0. The van der Waals surface area contributed by atoms with Crippen molar-refractivity contribution in [3.8, 4) is 5.75 Å². The van der Waals surface area contributed by atoms with Gasteiger partial charge in [-0.25, -0.2) is 0 Å². The summed E-state index contributed by atoms with van der Waals surface area (Å²) in [6, 6.07) is 9.14. The highest BCUT2D eigenvalue weighted by Crippen LogP contribution is 2.29. The molecule has 0 aliphatic heterocycles. The molecule has 16 heavy (non-hydrogen) atoms. The Labute approximate surface area is 98.0 Å². The predicted molar refractivity (Wildman–Crippen MR) is 67.0 cm³/mol. The number of ether oxygens (including phenoxy) is 1. The van der Waals surface area contributed by atoms with E-state index in [1.54, 1.807) is 7.11 Å². The van der Waals surface area contributed by atoms with Crippen molar-refractivity contribution in [3.05, 3.63) is 29.8 Å². The molecule has 1 saturated carbocycles. The van der Waals surface area contributed by atoms with Crippen LogP contribution in [0.1, 0.15) is 31.7 Å². The first-order valence-electron chi connectivity index (χ1n) is 6.08. The molecule has 0 aromatic heterocycles. The molecule has 1 aliphatic rings. The molecule has 1 aromatic rings. The fourth-order valence-corrected chi connectivity index (χ4v) is 1.98. The van der Waals surface area contributed by atoms with Crippen LogP contribution in [0, 0.1) is 5.92 Å². The van der Waals surface area contributed by atoms with Gasteiger partial charge in [-0.1, -0.05) is 26.0 Å². The number of methoxy groups -OCH3 is 1. The molecule has 0 radical (unpaired) electrons. The van der Waals surface area contributed by atoms with Gasteiger partial charge < -0.3 is 10.1 Å². The lowest BCUT2D eigenvalue weighted by molar-refractivity contribution is 0.414. The maximum Gasteiger partial charge on any atom is 0.118 e. The van der Waals surface area contributed by atoms with Crippen LogP contribution in [0.2, 0.25) is 0 Å². The van der Waals surface area contributed by atoms with Crippen molar-refractivity contribution in [2.24, 2.45) is 5.92 Å². The summed E-state index contributed by atoms with van der Waals surface area (Å²) < 4.78 is 5.16. The molecule has 1 fully saturated rings. The highest BCUT2D eigenvalue weighted by atomic mass is 16.5. The molecule has 2 nitrogen and oxygen atoms in total. The van der Waals surface area contributed by atoms with Gasteiger partial charge in [0.1, 0.15) is 5.75 Å². The van der Waals surface area contributed by atoms with Crippen LogP contribution in [0.4, 0.5) is 0 Å². The lowest BCUT2D eigenvalue weighted by Gasteiger charge is -2.13. The SMILES string of the molecule is COc1ccc(C(C)CNC2CC2C)cc1. The Bertz CT molecular complexity index is 333. The molecule has 1 N–H and O–H groups in total. The summed E-state index contributed by atoms with van der Waals surface area (Å²) in [7, 11) is 1.70. The molecular weight excluding hydrogens is 198 g/mol. The van der Waals surface area contributed by atoms with Crippen LogP contribution >= 0.6 is 0 Å². The summed E-state index contributed by atoms with van der Waals surface area (Å²) in [5.41, 5.74) is 1.38. The number of benzene rings is 1. The van der Waals surface area contributed by atoms with Crippen molar-refractivity contribution in [2.75, 3.05) is 13.7 Å². The molecule has 88 valence electrons. The number of hydrogen-bond acceptors (Lipinski definition) is 2. The molecule has 3 unspecified atom stereocenters. The molecule has 3 atom stereocenters. The summed E-state index contributed by atoms with van der Waals surface area (Å²) in [4.78, 5) is 0. The summed E-state index contributed by atoms with van der Waals surface area (Å²) in [5.74, 6) is 2.38. The van der Waals surface area contributed by atoms with Crippen molar-refractivity contribution >= 4 is 0 Å². The van der Waals surface area contributed by atoms with E-state index in [1.807, 2.05) is 12.1 Å². The van der Waals surface area contributed by atoms with Crippen molar-refractivity contribution < 1.29 is 4.74 Å². The quantitative estimate of drug-likeness (QED) is 0.822. The first kappa shape index (κ1) is 11.5. The highest BCUT2D eigenvalue weighted by Gasteiger charge is 2.31. The minimum absolute atomic E-state index is 0.568. The molecule has 0 bridgehead atoms. The zero-order valence-corrected chi connectivity index (χ0v) is 10.4. The van der Waals surface area contributed by atoms with Crippen LogP contribution < -0.4 is 10.1 Å². The third-order valence-corrected chi connectivity index (χ3v) is 3.48. The second-order valence-corrected chi connectivity index (χ2v) is 4.90. The van der Waals surface area contributed by atoms with Gasteiger partial charge in [-0.05, 0) is 36.0 Å². The maximum atomic E-state index is 5.16. The van der Waals surface area contributed by atoms with E-state index in [1.165, 1.54) is 12.0 Å². The third kappa shape index (κ3) is 2.76. The van der Waals surface area contributed by atoms with Gasteiger partial charge in [-0.2, -0.15) is 0 Å². The van der Waals surface area contributed by atoms with Crippen LogP contribution in [-0.2, 0) is 0 Å². The first-order chi connectivity index (χ1) is 7.70. The number of nitrogens with one attached hydrogen (secondary N) is 1. The Balaban J connectivity index is 1.84. The Morgan fingerprint density at radius 2 is 2.00 bits per heavy atom. The van der Waals surface area contributed by atoms with Gasteiger partial charge in [0.25, 0.3) is 0 Å². The predicted octanol–water partition coefficient (Wildman–Crippen LogP) is 2.80. The Morgan fingerprint density at radius 3 is 2.50 bits per heavy atom. The fourth-order valence-electron chi connectivity index (χ4n) is 1.98. The molecular formula is C14H21NO. The molecule has 0 spiro atoms. The van der Waals surface area contributed by atoms with E-state index in [0.717, 1.165) is 24.3 Å². The van der Waals surface area contributed by atoms with Gasteiger partial charge in [0.05, 0.1) is 7.11 Å². The highest BCUT2D eigenvalue weighted by molar-refractivity contribution is 5.29. The van der Waals surface area contributed by atoms with Crippen molar-refractivity contribution in [1.29, 1.82) is 0 Å². The van der Waals surface area contributed by atoms with Crippen LogP contribution in [0.3, 0.4) is 0 Å². The van der Waals surface area contributed by atoms with Crippen LogP contribution in [-0.4, -0.2) is 19.7 Å². The molecule has 2 rings (SSSR count). The Kier molecular flexibility index (Phi) is 3.49. The van der Waals surface area contributed by atoms with Gasteiger partial charge in [-0.3, -0.25) is 0 Å². The van der Waals surface area contributed by atoms with Gasteiger partial charge in [-0.15, -0.1) is 0 Å². The van der Waals surface area contributed by atoms with Crippen LogP contribution in [0.15, 0.2) is 24.3 Å². The molecule has 1 aliphatic carbocycles. The van der Waals surface area contributed by atoms with Crippen LogP contribution in [0.5, 0.6) is 5.75 Å².